The quantitative estimate of drug-likeness (QED) is 0.347. The van der Waals surface area contributed by atoms with Gasteiger partial charge in [-0.15, -0.1) is 0 Å². The summed E-state index contributed by atoms with van der Waals surface area (Å²) in [5, 5.41) is 23.7. The zero-order valence-corrected chi connectivity index (χ0v) is 15.7. The van der Waals surface area contributed by atoms with Gasteiger partial charge in [0, 0.05) is 21.8 Å². The largest absolute Gasteiger partial charge is 0.384 e. The molecular weight excluding hydrogens is 372 g/mol. The van der Waals surface area contributed by atoms with Gasteiger partial charge in [0.2, 0.25) is 0 Å². The van der Waals surface area contributed by atoms with Gasteiger partial charge >= 0.3 is 0 Å². The summed E-state index contributed by atoms with van der Waals surface area (Å²) in [6.45, 7) is 0.115. The highest BCUT2D eigenvalue weighted by Crippen LogP contribution is 2.31. The Labute approximate surface area is 161 Å². The first-order chi connectivity index (χ1) is 13.6. The monoisotopic (exact) mass is 397 g/mol. The van der Waals surface area contributed by atoms with E-state index in [0.717, 1.165) is 0 Å². The van der Waals surface area contributed by atoms with Gasteiger partial charge in [0.1, 0.15) is 24.4 Å². The van der Waals surface area contributed by atoms with Crippen molar-refractivity contribution in [1.82, 2.24) is 0 Å². The van der Waals surface area contributed by atoms with Gasteiger partial charge in [-0.1, -0.05) is 15.3 Å². The number of hydrogen-bond donors (Lipinski definition) is 2. The van der Waals surface area contributed by atoms with Crippen LogP contribution in [0.4, 0.5) is 0 Å². The number of aliphatic hydroxyl groups excluding tert-OH is 1. The van der Waals surface area contributed by atoms with Crippen LogP contribution < -0.4 is 5.32 Å². The van der Waals surface area contributed by atoms with Crippen molar-refractivity contribution in [3.8, 4) is 0 Å². The Balaban J connectivity index is 2.23. The summed E-state index contributed by atoms with van der Waals surface area (Å²) in [5.74, 6) is 0. The molecule has 1 aliphatic carbocycles. The maximum absolute atomic E-state index is 10.8. The molecule has 28 heavy (non-hydrogen) atoms. The SMILES string of the molecule is C[NH2+][C@H]1[C@@H](O)[C@H](O[C@H]2O[C@H](CN=[N+]=[N-])CC[C@@H]2N=[N+]=[N-])[C@@H](N=[N+]=[N-])C[C@@H]1OC. The third kappa shape index (κ3) is 5.16. The van der Waals surface area contributed by atoms with Crippen molar-refractivity contribution in [3.63, 3.8) is 0 Å². The summed E-state index contributed by atoms with van der Waals surface area (Å²) in [4.78, 5) is 8.41. The van der Waals surface area contributed by atoms with Crippen LogP contribution in [0.5, 0.6) is 0 Å². The van der Waals surface area contributed by atoms with Gasteiger partial charge in [-0.25, -0.2) is 0 Å². The predicted octanol–water partition coefficient (Wildman–Crippen LogP) is 0.886. The van der Waals surface area contributed by atoms with E-state index in [9.17, 15) is 5.11 Å². The summed E-state index contributed by atoms with van der Waals surface area (Å²) in [7, 11) is 3.34. The highest BCUT2D eigenvalue weighted by molar-refractivity contribution is 4.98. The van der Waals surface area contributed by atoms with Crippen LogP contribution in [0, 0.1) is 0 Å². The Kier molecular flexibility index (Phi) is 8.58. The normalized spacial score (nSPS) is 37.8. The van der Waals surface area contributed by atoms with Crippen molar-refractivity contribution >= 4 is 0 Å². The van der Waals surface area contributed by atoms with Crippen molar-refractivity contribution in [2.24, 2.45) is 15.3 Å². The van der Waals surface area contributed by atoms with E-state index >= 15 is 0 Å². The summed E-state index contributed by atoms with van der Waals surface area (Å²) in [5.41, 5.74) is 26.2. The topological polar surface area (TPSA) is 211 Å². The number of aliphatic hydroxyl groups is 1. The van der Waals surface area contributed by atoms with E-state index in [-0.39, 0.29) is 18.7 Å². The van der Waals surface area contributed by atoms with E-state index in [4.69, 9.17) is 30.8 Å². The van der Waals surface area contributed by atoms with Crippen molar-refractivity contribution in [3.05, 3.63) is 31.3 Å². The third-order valence-corrected chi connectivity index (χ3v) is 5.17. The number of ether oxygens (including phenoxy) is 3. The van der Waals surface area contributed by atoms with Crippen molar-refractivity contribution in [2.45, 2.75) is 68.1 Å². The molecule has 0 bridgehead atoms. The lowest BCUT2D eigenvalue weighted by Gasteiger charge is -2.43. The fourth-order valence-electron chi connectivity index (χ4n) is 3.77. The summed E-state index contributed by atoms with van der Waals surface area (Å²) in [6.07, 6.45) is -2.20. The zero-order chi connectivity index (χ0) is 20.5. The fraction of sp³-hybridized carbons (Fsp3) is 1.00. The van der Waals surface area contributed by atoms with Gasteiger partial charge in [-0.2, -0.15) is 0 Å². The number of nitrogens with zero attached hydrogens (tertiary/aromatic N) is 9. The van der Waals surface area contributed by atoms with Crippen LogP contribution in [0.2, 0.25) is 0 Å². The molecule has 1 heterocycles. The zero-order valence-electron chi connectivity index (χ0n) is 15.7. The Morgan fingerprint density at radius 1 is 1.14 bits per heavy atom. The minimum atomic E-state index is -1.01. The molecular formula is C14H25N10O4+. The molecule has 0 radical (unpaired) electrons. The molecule has 0 aromatic rings. The number of methoxy groups -OCH3 is 1. The summed E-state index contributed by atoms with van der Waals surface area (Å²) >= 11 is 0. The average molecular weight is 397 g/mol. The van der Waals surface area contributed by atoms with Crippen LogP contribution in [-0.4, -0.2) is 74.6 Å². The lowest BCUT2D eigenvalue weighted by molar-refractivity contribution is -0.683. The average Bonchev–Trinajstić information content (AvgIpc) is 2.70. The molecule has 8 atom stereocenters. The lowest BCUT2D eigenvalue weighted by Crippen LogP contribution is -2.94. The van der Waals surface area contributed by atoms with E-state index in [2.05, 4.69) is 30.1 Å². The molecule has 14 nitrogen and oxygen atoms in total. The highest BCUT2D eigenvalue weighted by Gasteiger charge is 2.48. The van der Waals surface area contributed by atoms with Crippen LogP contribution >= 0.6 is 0 Å². The van der Waals surface area contributed by atoms with Crippen LogP contribution in [0.15, 0.2) is 15.3 Å². The van der Waals surface area contributed by atoms with Gasteiger partial charge in [-0.3, -0.25) is 0 Å². The number of likely N-dealkylation sites (N-methyl/N-ethyl adjacent to an activating group) is 1. The van der Waals surface area contributed by atoms with Crippen LogP contribution in [-0.2, 0) is 14.2 Å². The number of nitrogens with two attached hydrogens (primary N) is 1. The molecule has 0 unspecified atom stereocenters. The molecule has 14 heteroatoms. The van der Waals surface area contributed by atoms with E-state index < -0.39 is 36.7 Å². The maximum Gasteiger partial charge on any atom is 0.166 e. The predicted molar refractivity (Wildman–Crippen MR) is 95.7 cm³/mol. The minimum Gasteiger partial charge on any atom is -0.384 e. The van der Waals surface area contributed by atoms with E-state index in [1.54, 1.807) is 7.05 Å². The number of hydrogen-bond acceptors (Lipinski definition) is 7. The number of quaternary nitrogens is 1. The molecule has 0 amide bonds. The second-order valence-electron chi connectivity index (χ2n) is 6.67. The molecule has 1 saturated heterocycles. The Hall–Kier alpha value is -2.27. The third-order valence-electron chi connectivity index (χ3n) is 5.17. The molecule has 1 saturated carbocycles. The first-order valence-electron chi connectivity index (χ1n) is 9.00. The maximum atomic E-state index is 10.8. The minimum absolute atomic E-state index is 0.115. The molecule has 3 N–H and O–H groups in total. The summed E-state index contributed by atoms with van der Waals surface area (Å²) in [6, 6.07) is -1.63. The molecule has 0 aromatic carbocycles. The second-order valence-corrected chi connectivity index (χ2v) is 6.67. The van der Waals surface area contributed by atoms with E-state index in [1.807, 2.05) is 5.32 Å². The molecule has 2 aliphatic rings. The van der Waals surface area contributed by atoms with Gasteiger partial charge in [0.05, 0.1) is 31.8 Å². The molecule has 2 fully saturated rings. The first kappa shape index (κ1) is 22.0. The second kappa shape index (κ2) is 10.9. The smallest absolute Gasteiger partial charge is 0.166 e. The van der Waals surface area contributed by atoms with Gasteiger partial charge in [0.15, 0.2) is 6.29 Å². The van der Waals surface area contributed by atoms with Crippen LogP contribution in [0.1, 0.15) is 19.3 Å². The molecule has 0 aromatic heterocycles. The first-order valence-corrected chi connectivity index (χ1v) is 9.00. The van der Waals surface area contributed by atoms with Crippen LogP contribution in [0.25, 0.3) is 31.3 Å². The van der Waals surface area contributed by atoms with Gasteiger partial charge < -0.3 is 24.6 Å². The molecule has 154 valence electrons. The van der Waals surface area contributed by atoms with E-state index in [0.29, 0.717) is 19.3 Å². The molecule has 0 spiro atoms. The number of azide groups is 3. The summed E-state index contributed by atoms with van der Waals surface area (Å²) < 4.78 is 17.2. The highest BCUT2D eigenvalue weighted by atomic mass is 16.7. The van der Waals surface area contributed by atoms with Gasteiger partial charge in [-0.05, 0) is 35.9 Å². The van der Waals surface area contributed by atoms with Crippen molar-refractivity contribution < 1.29 is 24.6 Å². The Bertz CT molecular complexity index is 661. The van der Waals surface area contributed by atoms with E-state index in [1.165, 1.54) is 7.11 Å². The lowest BCUT2D eigenvalue weighted by atomic mass is 9.83. The fourth-order valence-corrected chi connectivity index (χ4v) is 3.77. The van der Waals surface area contributed by atoms with Crippen LogP contribution in [0.3, 0.4) is 0 Å². The van der Waals surface area contributed by atoms with Gasteiger partial charge in [0.25, 0.3) is 0 Å². The molecule has 2 rings (SSSR count). The standard InChI is InChI=1S/C14H24N10O4/c1-18-11-10(26-2)5-9(21-24-17)13(12(11)25)28-14-8(20-23-16)4-3-7(27-14)6-19-22-15/h7-14,18,25H,3-6H2,1-2H3/p+1/t7-,8-,9-,10-,11+,12+,13+,14+/m0/s1. The Morgan fingerprint density at radius 3 is 2.46 bits per heavy atom. The molecule has 1 aliphatic heterocycles. The van der Waals surface area contributed by atoms with Crippen molar-refractivity contribution in [1.29, 1.82) is 0 Å². The number of rotatable bonds is 8. The Morgan fingerprint density at radius 2 is 1.86 bits per heavy atom. The van der Waals surface area contributed by atoms with Crippen molar-refractivity contribution in [2.75, 3.05) is 20.7 Å².